The van der Waals surface area contributed by atoms with E-state index in [1.807, 2.05) is 6.92 Å². The van der Waals surface area contributed by atoms with E-state index < -0.39 is 18.0 Å². The van der Waals surface area contributed by atoms with Crippen LogP contribution in [0.4, 0.5) is 0 Å². The molecule has 2 heterocycles. The highest BCUT2D eigenvalue weighted by molar-refractivity contribution is 5.93. The Bertz CT molecular complexity index is 937. The smallest absolute Gasteiger partial charge is 0.338 e. The van der Waals surface area contributed by atoms with Gasteiger partial charge >= 0.3 is 11.9 Å². The molecule has 2 aliphatic heterocycles. The molecule has 1 amide bonds. The largest absolute Gasteiger partial charge is 0.508 e. The lowest BCUT2D eigenvalue weighted by Gasteiger charge is -2.13. The molecule has 2 unspecified atom stereocenters. The average Bonchev–Trinajstić information content (AvgIpc) is 3.21. The Balaban J connectivity index is 1.65. The second kappa shape index (κ2) is 13.0. The van der Waals surface area contributed by atoms with Gasteiger partial charge < -0.3 is 19.8 Å². The van der Waals surface area contributed by atoms with Gasteiger partial charge in [0.25, 0.3) is 0 Å². The summed E-state index contributed by atoms with van der Waals surface area (Å²) in [4.78, 5) is 35.4. The van der Waals surface area contributed by atoms with E-state index in [1.165, 1.54) is 10.5 Å². The third kappa shape index (κ3) is 8.69. The molecule has 0 aromatic carbocycles. The molecule has 7 heteroatoms. The lowest BCUT2D eigenvalue weighted by atomic mass is 10.0. The van der Waals surface area contributed by atoms with Crippen LogP contribution in [0, 0.1) is 5.92 Å². The van der Waals surface area contributed by atoms with Crippen molar-refractivity contribution >= 4 is 17.8 Å². The molecule has 0 fully saturated rings. The molecule has 0 spiro atoms. The molecule has 0 aliphatic carbocycles. The van der Waals surface area contributed by atoms with E-state index in [0.717, 1.165) is 43.3 Å². The number of cyclic esters (lactones) is 1. The van der Waals surface area contributed by atoms with Gasteiger partial charge in [-0.15, -0.1) is 0 Å². The molecular weight excluding hydrogens is 434 g/mol. The Labute approximate surface area is 202 Å². The number of esters is 1. The predicted molar refractivity (Wildman–Crippen MR) is 131 cm³/mol. The van der Waals surface area contributed by atoms with Crippen molar-refractivity contribution in [1.29, 1.82) is 0 Å². The van der Waals surface area contributed by atoms with Gasteiger partial charge in [-0.3, -0.25) is 9.59 Å². The Hall–Kier alpha value is -3.09. The number of ether oxygens (including phenoxy) is 1. The fourth-order valence-electron chi connectivity index (χ4n) is 3.99. The SMILES string of the molecule is CC(=CC=CC(C)CCC=C(C)CC1OC(=O)C(C)=C1O)CCCC1=CC(=O)N(CC(=O)O)C1. The minimum atomic E-state index is -0.988. The fourth-order valence-corrected chi connectivity index (χ4v) is 3.99. The molecule has 7 nitrogen and oxygen atoms in total. The number of rotatable bonds is 13. The van der Waals surface area contributed by atoms with E-state index in [0.29, 0.717) is 24.5 Å². The van der Waals surface area contributed by atoms with Gasteiger partial charge in [0.1, 0.15) is 12.3 Å². The number of aliphatic hydroxyl groups excluding tert-OH is 1. The Kier molecular flexibility index (Phi) is 10.4. The van der Waals surface area contributed by atoms with Gasteiger partial charge in [-0.1, -0.05) is 42.4 Å². The van der Waals surface area contributed by atoms with Crippen LogP contribution in [0.25, 0.3) is 0 Å². The standard InChI is InChI=1S/C27H37NO6/c1-18(10-6-12-20(3)14-23-26(32)21(4)27(33)34-23)8-5-9-19(2)11-7-13-22-15-24(29)28(16-22)17-25(30)31/h5,8-9,12,15,18,23,32H,6-7,10-11,13-14,16-17H2,1-4H3,(H,30,31). The molecule has 2 atom stereocenters. The average molecular weight is 472 g/mol. The minimum absolute atomic E-state index is 0.0461. The van der Waals surface area contributed by atoms with Gasteiger partial charge in [-0.25, -0.2) is 4.79 Å². The topological polar surface area (TPSA) is 104 Å². The summed E-state index contributed by atoms with van der Waals surface area (Å²) in [6.07, 6.45) is 14.6. The first kappa shape index (κ1) is 27.2. The van der Waals surface area contributed by atoms with Crippen molar-refractivity contribution in [3.63, 3.8) is 0 Å². The second-order valence-electron chi connectivity index (χ2n) is 9.36. The summed E-state index contributed by atoms with van der Waals surface area (Å²) in [6.45, 7) is 8.00. The lowest BCUT2D eigenvalue weighted by molar-refractivity contribution is -0.142. The number of carbonyl (C=O) groups is 3. The van der Waals surface area contributed by atoms with Crippen molar-refractivity contribution in [2.24, 2.45) is 5.92 Å². The van der Waals surface area contributed by atoms with Gasteiger partial charge in [-0.2, -0.15) is 0 Å². The van der Waals surface area contributed by atoms with Crippen LogP contribution < -0.4 is 0 Å². The van der Waals surface area contributed by atoms with E-state index in [4.69, 9.17) is 9.84 Å². The van der Waals surface area contributed by atoms with E-state index in [2.05, 4.69) is 38.2 Å². The maximum Gasteiger partial charge on any atom is 0.338 e. The summed E-state index contributed by atoms with van der Waals surface area (Å²) >= 11 is 0. The number of hydrogen-bond acceptors (Lipinski definition) is 5. The van der Waals surface area contributed by atoms with Crippen LogP contribution in [0.15, 0.2) is 58.4 Å². The van der Waals surface area contributed by atoms with Crippen molar-refractivity contribution in [3.8, 4) is 0 Å². The molecule has 34 heavy (non-hydrogen) atoms. The predicted octanol–water partition coefficient (Wildman–Crippen LogP) is 5.02. The van der Waals surface area contributed by atoms with Crippen molar-refractivity contribution < 1.29 is 29.3 Å². The van der Waals surface area contributed by atoms with E-state index in [-0.39, 0.29) is 18.2 Å². The normalized spacial score (nSPS) is 20.4. The minimum Gasteiger partial charge on any atom is -0.508 e. The van der Waals surface area contributed by atoms with Crippen LogP contribution >= 0.6 is 0 Å². The molecular formula is C27H37NO6. The van der Waals surface area contributed by atoms with E-state index in [1.54, 1.807) is 13.0 Å². The van der Waals surface area contributed by atoms with Gasteiger partial charge in [-0.05, 0) is 64.4 Å². The van der Waals surface area contributed by atoms with Crippen LogP contribution in [-0.4, -0.2) is 52.2 Å². The van der Waals surface area contributed by atoms with Gasteiger partial charge in [0.15, 0.2) is 6.10 Å². The van der Waals surface area contributed by atoms with Crippen LogP contribution in [0.2, 0.25) is 0 Å². The molecule has 2 N–H and O–H groups in total. The molecule has 0 aromatic rings. The highest BCUT2D eigenvalue weighted by Gasteiger charge is 2.31. The number of aliphatic carboxylic acids is 1. The maximum atomic E-state index is 11.8. The van der Waals surface area contributed by atoms with Crippen molar-refractivity contribution in [2.75, 3.05) is 13.1 Å². The van der Waals surface area contributed by atoms with Crippen LogP contribution in [-0.2, 0) is 19.1 Å². The van der Waals surface area contributed by atoms with E-state index >= 15 is 0 Å². The maximum absolute atomic E-state index is 11.8. The summed E-state index contributed by atoms with van der Waals surface area (Å²) < 4.78 is 5.18. The van der Waals surface area contributed by atoms with Gasteiger partial charge in [0.2, 0.25) is 5.91 Å². The summed E-state index contributed by atoms with van der Waals surface area (Å²) in [7, 11) is 0. The van der Waals surface area contributed by atoms with Crippen LogP contribution in [0.5, 0.6) is 0 Å². The molecule has 0 saturated heterocycles. The Morgan fingerprint density at radius 2 is 2.03 bits per heavy atom. The number of carboxylic acid groups (broad SMARTS) is 1. The van der Waals surface area contributed by atoms with Crippen LogP contribution in [0.1, 0.15) is 66.2 Å². The zero-order valence-corrected chi connectivity index (χ0v) is 20.7. The summed E-state index contributed by atoms with van der Waals surface area (Å²) in [6, 6.07) is 0. The highest BCUT2D eigenvalue weighted by Crippen LogP contribution is 2.25. The van der Waals surface area contributed by atoms with Crippen LogP contribution in [0.3, 0.4) is 0 Å². The first-order valence-corrected chi connectivity index (χ1v) is 11.9. The molecule has 2 aliphatic rings. The van der Waals surface area contributed by atoms with Crippen molar-refractivity contribution in [2.45, 2.75) is 72.3 Å². The highest BCUT2D eigenvalue weighted by atomic mass is 16.6. The third-order valence-corrected chi connectivity index (χ3v) is 6.12. The molecule has 0 aromatic heterocycles. The number of carbonyl (C=O) groups excluding carboxylic acids is 2. The second-order valence-corrected chi connectivity index (χ2v) is 9.36. The molecule has 2 rings (SSSR count). The number of hydrogen-bond donors (Lipinski definition) is 2. The summed E-state index contributed by atoms with van der Waals surface area (Å²) in [5, 5.41) is 18.8. The molecule has 0 saturated carbocycles. The fraction of sp³-hybridized carbons (Fsp3) is 0.519. The first-order valence-electron chi connectivity index (χ1n) is 11.9. The van der Waals surface area contributed by atoms with Crippen molar-refractivity contribution in [3.05, 3.63) is 58.4 Å². The number of allylic oxidation sites excluding steroid dienone is 5. The van der Waals surface area contributed by atoms with Gasteiger partial charge in [0, 0.05) is 19.0 Å². The molecule has 0 bridgehead atoms. The number of carboxylic acids is 1. The Morgan fingerprint density at radius 1 is 1.29 bits per heavy atom. The lowest BCUT2D eigenvalue weighted by Crippen LogP contribution is -2.31. The Morgan fingerprint density at radius 3 is 2.68 bits per heavy atom. The van der Waals surface area contributed by atoms with Crippen molar-refractivity contribution in [1.82, 2.24) is 4.90 Å². The molecule has 186 valence electrons. The zero-order chi connectivity index (χ0) is 25.3. The van der Waals surface area contributed by atoms with E-state index in [9.17, 15) is 19.5 Å². The zero-order valence-electron chi connectivity index (χ0n) is 20.7. The summed E-state index contributed by atoms with van der Waals surface area (Å²) in [5.41, 5.74) is 3.66. The summed E-state index contributed by atoms with van der Waals surface area (Å²) in [5.74, 6) is -1.17. The molecule has 0 radical (unpaired) electrons. The van der Waals surface area contributed by atoms with Gasteiger partial charge in [0.05, 0.1) is 5.57 Å². The third-order valence-electron chi connectivity index (χ3n) is 6.12. The number of nitrogens with zero attached hydrogens (tertiary/aromatic N) is 1. The monoisotopic (exact) mass is 471 g/mol. The first-order chi connectivity index (χ1) is 16.1. The quantitative estimate of drug-likeness (QED) is 0.222. The number of amides is 1. The number of aliphatic hydroxyl groups is 1.